The first-order valence-electron chi connectivity index (χ1n) is 9.32. The van der Waals surface area contributed by atoms with Crippen molar-refractivity contribution in [2.75, 3.05) is 11.9 Å². The summed E-state index contributed by atoms with van der Waals surface area (Å²) in [5.74, 6) is 0.402. The van der Waals surface area contributed by atoms with Crippen LogP contribution in [0.5, 0.6) is 0 Å². The van der Waals surface area contributed by atoms with Crippen LogP contribution in [0.3, 0.4) is 0 Å². The number of anilines is 1. The molecule has 0 atom stereocenters. The number of benzene rings is 1. The van der Waals surface area contributed by atoms with Crippen molar-refractivity contribution in [2.24, 2.45) is 0 Å². The average Bonchev–Trinajstić information content (AvgIpc) is 2.88. The molecule has 150 valence electrons. The third-order valence-corrected chi connectivity index (χ3v) is 4.11. The second kappa shape index (κ2) is 8.33. The molecule has 28 heavy (non-hydrogen) atoms. The number of amides is 2. The number of nitrogens with one attached hydrogen (secondary N) is 1. The van der Waals surface area contributed by atoms with E-state index in [-0.39, 0.29) is 12.7 Å². The number of hydrogen-bond acceptors (Lipinski definition) is 5. The Labute approximate surface area is 164 Å². The van der Waals surface area contributed by atoms with Crippen molar-refractivity contribution in [3.05, 3.63) is 47.7 Å². The van der Waals surface area contributed by atoms with Crippen LogP contribution < -0.4 is 5.32 Å². The SMILES string of the molecule is CC(C)(C)OC(=O)N1CCCn2nc(NC(=O)OCc3ccccc3)cc2C1. The molecule has 1 N–H and O–H groups in total. The Morgan fingerprint density at radius 1 is 1.18 bits per heavy atom. The zero-order valence-corrected chi connectivity index (χ0v) is 16.5. The van der Waals surface area contributed by atoms with E-state index in [2.05, 4.69) is 10.4 Å². The summed E-state index contributed by atoms with van der Waals surface area (Å²) in [4.78, 5) is 26.0. The van der Waals surface area contributed by atoms with Crippen LogP contribution in [0.1, 0.15) is 38.4 Å². The molecule has 0 fully saturated rings. The summed E-state index contributed by atoms with van der Waals surface area (Å²) >= 11 is 0. The molecule has 0 aliphatic carbocycles. The highest BCUT2D eigenvalue weighted by Gasteiger charge is 2.25. The average molecular weight is 386 g/mol. The van der Waals surface area contributed by atoms with Gasteiger partial charge >= 0.3 is 12.2 Å². The number of aryl methyl sites for hydroxylation is 1. The maximum atomic E-state index is 12.4. The topological polar surface area (TPSA) is 85.7 Å². The summed E-state index contributed by atoms with van der Waals surface area (Å²) < 4.78 is 12.5. The molecule has 2 amide bonds. The standard InChI is InChI=1S/C20H26N4O4/c1-20(2,3)28-19(26)23-10-7-11-24-16(13-23)12-17(22-24)21-18(25)27-14-15-8-5-4-6-9-15/h4-6,8-9,12H,7,10-11,13-14H2,1-3H3,(H,21,22,25). The largest absolute Gasteiger partial charge is 0.444 e. The molecule has 1 aromatic heterocycles. The van der Waals surface area contributed by atoms with Crippen molar-refractivity contribution >= 4 is 18.0 Å². The fourth-order valence-electron chi connectivity index (χ4n) is 2.87. The number of hydrogen-bond donors (Lipinski definition) is 1. The van der Waals surface area contributed by atoms with Crippen LogP contribution in [-0.4, -0.2) is 39.0 Å². The lowest BCUT2D eigenvalue weighted by Gasteiger charge is -2.26. The number of fused-ring (bicyclic) bond motifs is 1. The van der Waals surface area contributed by atoms with Crippen LogP contribution in [0.4, 0.5) is 15.4 Å². The van der Waals surface area contributed by atoms with Crippen LogP contribution in [0.15, 0.2) is 36.4 Å². The van der Waals surface area contributed by atoms with Gasteiger partial charge in [-0.25, -0.2) is 9.59 Å². The maximum absolute atomic E-state index is 12.4. The summed E-state index contributed by atoms with van der Waals surface area (Å²) in [6, 6.07) is 11.2. The molecule has 0 unspecified atom stereocenters. The van der Waals surface area contributed by atoms with E-state index in [1.165, 1.54) is 0 Å². The summed E-state index contributed by atoms with van der Waals surface area (Å²) in [5.41, 5.74) is 1.20. The van der Waals surface area contributed by atoms with Crippen LogP contribution in [0.25, 0.3) is 0 Å². The van der Waals surface area contributed by atoms with Crippen molar-refractivity contribution in [3.8, 4) is 0 Å². The van der Waals surface area contributed by atoms with Gasteiger partial charge in [-0.2, -0.15) is 5.10 Å². The minimum atomic E-state index is -0.568. The van der Waals surface area contributed by atoms with Gasteiger partial charge in [-0.05, 0) is 32.8 Å². The first-order valence-corrected chi connectivity index (χ1v) is 9.32. The molecule has 0 spiro atoms. The van der Waals surface area contributed by atoms with Crippen molar-refractivity contribution in [1.29, 1.82) is 0 Å². The number of rotatable bonds is 3. The molecule has 0 saturated heterocycles. The van der Waals surface area contributed by atoms with E-state index in [1.54, 1.807) is 15.6 Å². The number of carbonyl (C=O) groups excluding carboxylic acids is 2. The highest BCUT2D eigenvalue weighted by Crippen LogP contribution is 2.19. The van der Waals surface area contributed by atoms with E-state index in [9.17, 15) is 9.59 Å². The van der Waals surface area contributed by atoms with Crippen molar-refractivity contribution in [1.82, 2.24) is 14.7 Å². The number of carbonyl (C=O) groups is 2. The minimum Gasteiger partial charge on any atom is -0.444 e. The molecule has 3 rings (SSSR count). The molecule has 1 aliphatic rings. The first-order chi connectivity index (χ1) is 13.3. The highest BCUT2D eigenvalue weighted by atomic mass is 16.6. The predicted octanol–water partition coefficient (Wildman–Crippen LogP) is 3.77. The Morgan fingerprint density at radius 2 is 1.93 bits per heavy atom. The van der Waals surface area contributed by atoms with Crippen LogP contribution in [0.2, 0.25) is 0 Å². The molecule has 0 bridgehead atoms. The Morgan fingerprint density at radius 3 is 2.64 bits per heavy atom. The van der Waals surface area contributed by atoms with E-state index >= 15 is 0 Å². The fraction of sp³-hybridized carbons (Fsp3) is 0.450. The van der Waals surface area contributed by atoms with E-state index in [4.69, 9.17) is 9.47 Å². The summed E-state index contributed by atoms with van der Waals surface area (Å²) in [5, 5.41) is 7.04. The third kappa shape index (κ3) is 5.48. The van der Waals surface area contributed by atoms with Gasteiger partial charge in [-0.1, -0.05) is 30.3 Å². The smallest absolute Gasteiger partial charge is 0.413 e. The van der Waals surface area contributed by atoms with Gasteiger partial charge in [-0.15, -0.1) is 0 Å². The van der Waals surface area contributed by atoms with Gasteiger partial charge in [0.2, 0.25) is 0 Å². The van der Waals surface area contributed by atoms with Gasteiger partial charge in [0.05, 0.1) is 12.2 Å². The minimum absolute atomic E-state index is 0.187. The van der Waals surface area contributed by atoms with Crippen LogP contribution in [-0.2, 0) is 29.2 Å². The zero-order chi connectivity index (χ0) is 20.1. The van der Waals surface area contributed by atoms with Crippen LogP contribution in [0, 0.1) is 0 Å². The normalized spacial score (nSPS) is 14.0. The Balaban J connectivity index is 1.58. The lowest BCUT2D eigenvalue weighted by atomic mass is 10.2. The van der Waals surface area contributed by atoms with Crippen LogP contribution >= 0.6 is 0 Å². The molecular formula is C20H26N4O4. The van der Waals surface area contributed by atoms with Gasteiger partial charge in [0.1, 0.15) is 12.2 Å². The molecule has 2 heterocycles. The fourth-order valence-corrected chi connectivity index (χ4v) is 2.87. The van der Waals surface area contributed by atoms with Gasteiger partial charge in [0.15, 0.2) is 5.82 Å². The van der Waals surface area contributed by atoms with Crippen molar-refractivity contribution in [2.45, 2.75) is 52.5 Å². The van der Waals surface area contributed by atoms with E-state index in [0.717, 1.165) is 17.7 Å². The number of aromatic nitrogens is 2. The quantitative estimate of drug-likeness (QED) is 0.868. The van der Waals surface area contributed by atoms with E-state index in [0.29, 0.717) is 25.5 Å². The second-order valence-electron chi connectivity index (χ2n) is 7.69. The predicted molar refractivity (Wildman–Crippen MR) is 104 cm³/mol. The molecule has 2 aromatic rings. The maximum Gasteiger partial charge on any atom is 0.413 e. The molecule has 0 saturated carbocycles. The summed E-state index contributed by atoms with van der Waals surface area (Å²) in [6.45, 7) is 7.35. The number of nitrogens with zero attached hydrogens (tertiary/aromatic N) is 3. The van der Waals surface area contributed by atoms with Gasteiger partial charge in [0, 0.05) is 19.2 Å². The molecule has 8 heteroatoms. The third-order valence-electron chi connectivity index (χ3n) is 4.11. The molecule has 8 nitrogen and oxygen atoms in total. The summed E-state index contributed by atoms with van der Waals surface area (Å²) in [6.07, 6.45) is -0.161. The van der Waals surface area contributed by atoms with Crippen molar-refractivity contribution < 1.29 is 19.1 Å². The Kier molecular flexibility index (Phi) is 5.87. The Hall–Kier alpha value is -3.03. The lowest BCUT2D eigenvalue weighted by Crippen LogP contribution is -2.36. The van der Waals surface area contributed by atoms with Gasteiger partial charge < -0.3 is 14.4 Å². The van der Waals surface area contributed by atoms with Crippen molar-refractivity contribution in [3.63, 3.8) is 0 Å². The van der Waals surface area contributed by atoms with E-state index in [1.807, 2.05) is 51.1 Å². The van der Waals surface area contributed by atoms with E-state index < -0.39 is 11.7 Å². The molecule has 1 aromatic carbocycles. The second-order valence-corrected chi connectivity index (χ2v) is 7.69. The summed E-state index contributed by atoms with van der Waals surface area (Å²) in [7, 11) is 0. The first kappa shape index (κ1) is 19.7. The molecule has 1 aliphatic heterocycles. The molecular weight excluding hydrogens is 360 g/mol. The lowest BCUT2D eigenvalue weighted by molar-refractivity contribution is 0.0236. The number of ether oxygens (including phenoxy) is 2. The highest BCUT2D eigenvalue weighted by molar-refractivity contribution is 5.83. The Bertz CT molecular complexity index is 826. The zero-order valence-electron chi connectivity index (χ0n) is 16.5. The van der Waals surface area contributed by atoms with Gasteiger partial charge in [0.25, 0.3) is 0 Å². The molecule has 0 radical (unpaired) electrons. The monoisotopic (exact) mass is 386 g/mol. The van der Waals surface area contributed by atoms with Gasteiger partial charge in [-0.3, -0.25) is 10.00 Å².